The van der Waals surface area contributed by atoms with Crippen molar-refractivity contribution in [1.82, 2.24) is 0 Å². The molecule has 1 rings (SSSR count). The van der Waals surface area contributed by atoms with E-state index in [2.05, 4.69) is 13.8 Å². The van der Waals surface area contributed by atoms with E-state index in [0.29, 0.717) is 11.8 Å². The zero-order valence-corrected chi connectivity index (χ0v) is 7.01. The molecular formula is C9H18O. The number of hydrogen-bond donors (Lipinski definition) is 1. The zero-order valence-electron chi connectivity index (χ0n) is 7.01. The SMILES string of the molecule is CC(C)C1CCCC[C@@H]1O. The van der Waals surface area contributed by atoms with E-state index >= 15 is 0 Å². The van der Waals surface area contributed by atoms with E-state index < -0.39 is 0 Å². The second-order valence-corrected chi connectivity index (χ2v) is 3.76. The fraction of sp³-hybridized carbons (Fsp3) is 1.00. The molecule has 0 aromatic carbocycles. The number of aliphatic hydroxyl groups excluding tert-OH is 1. The van der Waals surface area contributed by atoms with Gasteiger partial charge in [0.2, 0.25) is 0 Å². The summed E-state index contributed by atoms with van der Waals surface area (Å²) in [4.78, 5) is 0. The van der Waals surface area contributed by atoms with Crippen LogP contribution in [0.4, 0.5) is 0 Å². The van der Waals surface area contributed by atoms with E-state index in [4.69, 9.17) is 0 Å². The maximum atomic E-state index is 9.54. The minimum absolute atomic E-state index is 0.00579. The highest BCUT2D eigenvalue weighted by Gasteiger charge is 2.24. The van der Waals surface area contributed by atoms with Gasteiger partial charge in [-0.2, -0.15) is 0 Å². The summed E-state index contributed by atoms with van der Waals surface area (Å²) in [6.45, 7) is 4.42. The van der Waals surface area contributed by atoms with E-state index in [-0.39, 0.29) is 6.10 Å². The molecule has 1 aliphatic rings. The quantitative estimate of drug-likeness (QED) is 0.595. The first-order valence-electron chi connectivity index (χ1n) is 4.40. The third-order valence-electron chi connectivity index (χ3n) is 2.64. The lowest BCUT2D eigenvalue weighted by molar-refractivity contribution is 0.0456. The molecule has 1 saturated carbocycles. The molecular weight excluding hydrogens is 124 g/mol. The van der Waals surface area contributed by atoms with Crippen molar-refractivity contribution >= 4 is 0 Å². The van der Waals surface area contributed by atoms with Gasteiger partial charge in [0.1, 0.15) is 0 Å². The summed E-state index contributed by atoms with van der Waals surface area (Å²) >= 11 is 0. The summed E-state index contributed by atoms with van der Waals surface area (Å²) in [5.41, 5.74) is 0. The second-order valence-electron chi connectivity index (χ2n) is 3.76. The summed E-state index contributed by atoms with van der Waals surface area (Å²) in [5, 5.41) is 9.54. The van der Waals surface area contributed by atoms with Crippen molar-refractivity contribution in [3.8, 4) is 0 Å². The first-order chi connectivity index (χ1) is 4.72. The molecule has 2 atom stereocenters. The first-order valence-corrected chi connectivity index (χ1v) is 4.40. The summed E-state index contributed by atoms with van der Waals surface area (Å²) in [6, 6.07) is 0. The smallest absolute Gasteiger partial charge is 0.0570 e. The summed E-state index contributed by atoms with van der Waals surface area (Å²) in [7, 11) is 0. The van der Waals surface area contributed by atoms with E-state index in [0.717, 1.165) is 6.42 Å². The van der Waals surface area contributed by atoms with Crippen molar-refractivity contribution < 1.29 is 5.11 Å². The van der Waals surface area contributed by atoms with E-state index in [1.54, 1.807) is 0 Å². The summed E-state index contributed by atoms with van der Waals surface area (Å²) in [6.07, 6.45) is 4.81. The molecule has 1 nitrogen and oxygen atoms in total. The van der Waals surface area contributed by atoms with Gasteiger partial charge in [-0.05, 0) is 24.7 Å². The molecule has 0 saturated heterocycles. The molecule has 0 aromatic rings. The van der Waals surface area contributed by atoms with Gasteiger partial charge >= 0.3 is 0 Å². The van der Waals surface area contributed by atoms with Gasteiger partial charge in [-0.25, -0.2) is 0 Å². The van der Waals surface area contributed by atoms with Gasteiger partial charge in [0.25, 0.3) is 0 Å². The van der Waals surface area contributed by atoms with Crippen LogP contribution in [0.1, 0.15) is 39.5 Å². The van der Waals surface area contributed by atoms with Crippen LogP contribution in [0.3, 0.4) is 0 Å². The summed E-state index contributed by atoms with van der Waals surface area (Å²) in [5.74, 6) is 1.24. The van der Waals surface area contributed by atoms with Gasteiger partial charge < -0.3 is 5.11 Å². The Morgan fingerprint density at radius 2 is 1.80 bits per heavy atom. The predicted molar refractivity (Wildman–Crippen MR) is 42.8 cm³/mol. The van der Waals surface area contributed by atoms with E-state index in [1.807, 2.05) is 0 Å². The van der Waals surface area contributed by atoms with Crippen molar-refractivity contribution in [1.29, 1.82) is 0 Å². The normalized spacial score (nSPS) is 34.8. The van der Waals surface area contributed by atoms with Crippen LogP contribution < -0.4 is 0 Å². The Kier molecular flexibility index (Phi) is 2.72. The molecule has 1 aliphatic carbocycles. The highest BCUT2D eigenvalue weighted by atomic mass is 16.3. The van der Waals surface area contributed by atoms with Gasteiger partial charge in [-0.1, -0.05) is 26.7 Å². The Hall–Kier alpha value is -0.0400. The second kappa shape index (κ2) is 3.38. The molecule has 10 heavy (non-hydrogen) atoms. The van der Waals surface area contributed by atoms with Crippen LogP contribution in [-0.2, 0) is 0 Å². The minimum Gasteiger partial charge on any atom is -0.393 e. The third kappa shape index (κ3) is 1.72. The van der Waals surface area contributed by atoms with Crippen molar-refractivity contribution in [2.45, 2.75) is 45.6 Å². The van der Waals surface area contributed by atoms with E-state index in [1.165, 1.54) is 19.3 Å². The fourth-order valence-corrected chi connectivity index (χ4v) is 1.92. The molecule has 60 valence electrons. The molecule has 0 aliphatic heterocycles. The van der Waals surface area contributed by atoms with Gasteiger partial charge in [-0.15, -0.1) is 0 Å². The topological polar surface area (TPSA) is 20.2 Å². The molecule has 1 unspecified atom stereocenters. The number of hydrogen-bond acceptors (Lipinski definition) is 1. The van der Waals surface area contributed by atoms with Crippen molar-refractivity contribution in [3.05, 3.63) is 0 Å². The van der Waals surface area contributed by atoms with Crippen LogP contribution >= 0.6 is 0 Å². The fourth-order valence-electron chi connectivity index (χ4n) is 1.92. The van der Waals surface area contributed by atoms with Crippen LogP contribution in [0.25, 0.3) is 0 Å². The molecule has 0 bridgehead atoms. The van der Waals surface area contributed by atoms with Crippen molar-refractivity contribution in [3.63, 3.8) is 0 Å². The van der Waals surface area contributed by atoms with Crippen molar-refractivity contribution in [2.75, 3.05) is 0 Å². The molecule has 1 N–H and O–H groups in total. The monoisotopic (exact) mass is 142 g/mol. The Bertz CT molecular complexity index is 98.9. The average Bonchev–Trinajstić information content (AvgIpc) is 1.88. The van der Waals surface area contributed by atoms with Crippen LogP contribution in [0.2, 0.25) is 0 Å². The average molecular weight is 142 g/mol. The highest BCUT2D eigenvalue weighted by Crippen LogP contribution is 2.29. The lowest BCUT2D eigenvalue weighted by atomic mass is 9.79. The Labute approximate surface area is 63.4 Å². The Morgan fingerprint density at radius 1 is 1.20 bits per heavy atom. The summed E-state index contributed by atoms with van der Waals surface area (Å²) < 4.78 is 0. The maximum absolute atomic E-state index is 9.54. The molecule has 0 radical (unpaired) electrons. The Balaban J connectivity index is 2.40. The van der Waals surface area contributed by atoms with Gasteiger partial charge in [0.05, 0.1) is 6.10 Å². The van der Waals surface area contributed by atoms with Gasteiger partial charge in [0, 0.05) is 0 Å². The lowest BCUT2D eigenvalue weighted by Gasteiger charge is -2.30. The van der Waals surface area contributed by atoms with Gasteiger partial charge in [0.15, 0.2) is 0 Å². The first kappa shape index (κ1) is 8.06. The molecule has 0 amide bonds. The number of aliphatic hydroxyl groups is 1. The maximum Gasteiger partial charge on any atom is 0.0570 e. The van der Waals surface area contributed by atoms with Crippen LogP contribution in [-0.4, -0.2) is 11.2 Å². The lowest BCUT2D eigenvalue weighted by Crippen LogP contribution is -2.28. The van der Waals surface area contributed by atoms with Crippen LogP contribution in [0.5, 0.6) is 0 Å². The minimum atomic E-state index is -0.00579. The largest absolute Gasteiger partial charge is 0.393 e. The van der Waals surface area contributed by atoms with Crippen LogP contribution in [0, 0.1) is 11.8 Å². The molecule has 1 fully saturated rings. The zero-order chi connectivity index (χ0) is 7.56. The van der Waals surface area contributed by atoms with E-state index in [9.17, 15) is 5.11 Å². The Morgan fingerprint density at radius 3 is 2.20 bits per heavy atom. The number of rotatable bonds is 1. The van der Waals surface area contributed by atoms with Crippen molar-refractivity contribution in [2.24, 2.45) is 11.8 Å². The highest BCUT2D eigenvalue weighted by molar-refractivity contribution is 4.76. The third-order valence-corrected chi connectivity index (χ3v) is 2.64. The standard InChI is InChI=1S/C9H18O/c1-7(2)8-5-3-4-6-9(8)10/h7-10H,3-6H2,1-2H3/t8?,9-/m0/s1. The van der Waals surface area contributed by atoms with Crippen LogP contribution in [0.15, 0.2) is 0 Å². The molecule has 1 heteroatoms. The predicted octanol–water partition coefficient (Wildman–Crippen LogP) is 2.19. The van der Waals surface area contributed by atoms with Gasteiger partial charge in [-0.3, -0.25) is 0 Å². The molecule has 0 spiro atoms. The molecule has 0 aromatic heterocycles. The molecule has 0 heterocycles.